The molecule has 2 N–H and O–H groups in total. The molecule has 0 saturated carbocycles. The van der Waals surface area contributed by atoms with Gasteiger partial charge in [-0.05, 0) is 25.0 Å². The molecule has 10 heteroatoms. The van der Waals surface area contributed by atoms with E-state index in [1.54, 1.807) is 34.0 Å². The largest absolute Gasteiger partial charge is 0.481 e. The van der Waals surface area contributed by atoms with Gasteiger partial charge in [-0.3, -0.25) is 4.79 Å². The fourth-order valence-corrected chi connectivity index (χ4v) is 3.17. The zero-order valence-electron chi connectivity index (χ0n) is 15.8. The Labute approximate surface area is 166 Å². The summed E-state index contributed by atoms with van der Waals surface area (Å²) >= 11 is 0. The van der Waals surface area contributed by atoms with E-state index in [0.29, 0.717) is 48.9 Å². The number of pyridine rings is 1. The fraction of sp³-hybridized carbons (Fsp3) is 0.316. The molecule has 4 rings (SSSR count). The summed E-state index contributed by atoms with van der Waals surface area (Å²) in [6.45, 7) is 0.738. The van der Waals surface area contributed by atoms with Crippen LogP contribution in [0.1, 0.15) is 23.3 Å². The molecule has 1 aliphatic rings. The van der Waals surface area contributed by atoms with E-state index in [-0.39, 0.29) is 17.4 Å². The van der Waals surface area contributed by atoms with Gasteiger partial charge >= 0.3 is 0 Å². The maximum Gasteiger partial charge on any atom is 0.274 e. The number of nitrogens with zero attached hydrogens (tertiary/aromatic N) is 6. The number of alkyl halides is 1. The first-order chi connectivity index (χ1) is 14.0. The lowest BCUT2D eigenvalue weighted by atomic mass is 10.1. The molecule has 4 heterocycles. The van der Waals surface area contributed by atoms with Crippen molar-refractivity contribution in [3.05, 3.63) is 42.5 Å². The molecule has 0 radical (unpaired) electrons. The van der Waals surface area contributed by atoms with Crippen molar-refractivity contribution in [2.75, 3.05) is 25.9 Å². The summed E-state index contributed by atoms with van der Waals surface area (Å²) in [4.78, 5) is 27.1. The quantitative estimate of drug-likeness (QED) is 0.715. The average molecular weight is 397 g/mol. The summed E-state index contributed by atoms with van der Waals surface area (Å²) < 4.78 is 20.1. The summed E-state index contributed by atoms with van der Waals surface area (Å²) in [6.07, 6.45) is 4.36. The molecule has 29 heavy (non-hydrogen) atoms. The summed E-state index contributed by atoms with van der Waals surface area (Å²) in [5, 5.41) is 4.48. The zero-order valence-corrected chi connectivity index (χ0v) is 15.8. The minimum atomic E-state index is -0.859. The van der Waals surface area contributed by atoms with Crippen LogP contribution in [0.4, 0.5) is 10.2 Å². The van der Waals surface area contributed by atoms with Crippen molar-refractivity contribution in [1.29, 1.82) is 0 Å². The Morgan fingerprint density at radius 2 is 1.97 bits per heavy atom. The van der Waals surface area contributed by atoms with Crippen molar-refractivity contribution in [2.24, 2.45) is 0 Å². The molecule has 3 aromatic rings. The summed E-state index contributed by atoms with van der Waals surface area (Å²) in [7, 11) is 1.53. The number of piperidine rings is 1. The molecule has 0 bridgehead atoms. The van der Waals surface area contributed by atoms with Crippen LogP contribution in [0.3, 0.4) is 0 Å². The number of halogens is 1. The van der Waals surface area contributed by atoms with Crippen LogP contribution in [-0.4, -0.2) is 61.9 Å². The molecule has 3 aromatic heterocycles. The maximum atomic E-state index is 13.4. The number of amides is 1. The summed E-state index contributed by atoms with van der Waals surface area (Å²) in [6, 6.07) is 5.12. The Balaban J connectivity index is 1.73. The lowest BCUT2D eigenvalue weighted by Crippen LogP contribution is -2.39. The van der Waals surface area contributed by atoms with E-state index in [9.17, 15) is 9.18 Å². The van der Waals surface area contributed by atoms with E-state index in [1.807, 2.05) is 0 Å². The Morgan fingerprint density at radius 1 is 1.17 bits per heavy atom. The second-order valence-corrected chi connectivity index (χ2v) is 6.68. The van der Waals surface area contributed by atoms with Gasteiger partial charge in [0.05, 0.1) is 37.1 Å². The van der Waals surface area contributed by atoms with Crippen molar-refractivity contribution in [3.8, 4) is 23.0 Å². The topological polar surface area (TPSA) is 112 Å². The lowest BCUT2D eigenvalue weighted by molar-refractivity contribution is 0.0660. The predicted octanol–water partition coefficient (Wildman–Crippen LogP) is 1.89. The number of ether oxygens (including phenoxy) is 1. The van der Waals surface area contributed by atoms with Crippen molar-refractivity contribution >= 4 is 11.7 Å². The monoisotopic (exact) mass is 397 g/mol. The lowest BCUT2D eigenvalue weighted by Gasteiger charge is -2.27. The molecule has 0 aromatic carbocycles. The van der Waals surface area contributed by atoms with Gasteiger partial charge in [-0.15, -0.1) is 0 Å². The van der Waals surface area contributed by atoms with Crippen LogP contribution >= 0.6 is 0 Å². The number of hydrogen-bond donors (Lipinski definition) is 1. The second-order valence-electron chi connectivity index (χ2n) is 6.68. The number of nitrogen functional groups attached to an aromatic ring is 1. The first kappa shape index (κ1) is 18.8. The number of likely N-dealkylation sites (tertiary alicyclic amines) is 1. The molecule has 0 spiro atoms. The first-order valence-corrected chi connectivity index (χ1v) is 9.17. The van der Waals surface area contributed by atoms with Gasteiger partial charge in [0.25, 0.3) is 5.91 Å². The van der Waals surface area contributed by atoms with Crippen molar-refractivity contribution < 1.29 is 13.9 Å². The van der Waals surface area contributed by atoms with Gasteiger partial charge in [0, 0.05) is 19.2 Å². The van der Waals surface area contributed by atoms with Crippen LogP contribution in [0.25, 0.3) is 17.1 Å². The predicted molar refractivity (Wildman–Crippen MR) is 103 cm³/mol. The fourth-order valence-electron chi connectivity index (χ4n) is 3.17. The molecule has 0 aliphatic carbocycles. The SMILES string of the molecule is COc1ccc(-n2nc(C(=O)N3CCC(F)CC3)cc2-c2cnc(N)cn2)cn1. The molecule has 9 nitrogen and oxygen atoms in total. The van der Waals surface area contributed by atoms with E-state index in [1.165, 1.54) is 19.5 Å². The highest BCUT2D eigenvalue weighted by molar-refractivity contribution is 5.93. The number of aromatic nitrogens is 5. The van der Waals surface area contributed by atoms with Gasteiger partial charge in [-0.1, -0.05) is 0 Å². The molecule has 0 atom stereocenters. The Kier molecular flexibility index (Phi) is 5.07. The van der Waals surface area contributed by atoms with Gasteiger partial charge in [0.2, 0.25) is 5.88 Å². The van der Waals surface area contributed by atoms with Crippen LogP contribution in [-0.2, 0) is 0 Å². The number of carbonyl (C=O) groups is 1. The van der Waals surface area contributed by atoms with Crippen LogP contribution in [0, 0.1) is 0 Å². The highest BCUT2D eigenvalue weighted by Gasteiger charge is 2.26. The van der Waals surface area contributed by atoms with E-state index < -0.39 is 6.17 Å². The van der Waals surface area contributed by atoms with Gasteiger partial charge in [-0.2, -0.15) is 5.10 Å². The smallest absolute Gasteiger partial charge is 0.274 e. The molecule has 1 amide bonds. The minimum absolute atomic E-state index is 0.242. The van der Waals surface area contributed by atoms with E-state index in [4.69, 9.17) is 10.5 Å². The summed E-state index contributed by atoms with van der Waals surface area (Å²) in [5.74, 6) is 0.498. The van der Waals surface area contributed by atoms with Crippen LogP contribution in [0.2, 0.25) is 0 Å². The highest BCUT2D eigenvalue weighted by atomic mass is 19.1. The number of rotatable bonds is 4. The Bertz CT molecular complexity index is 996. The second kappa shape index (κ2) is 7.82. The Hall–Kier alpha value is -3.56. The maximum absolute atomic E-state index is 13.4. The molecular formula is C19H20FN7O2. The molecular weight excluding hydrogens is 377 g/mol. The van der Waals surface area contributed by atoms with Crippen molar-refractivity contribution in [1.82, 2.24) is 29.6 Å². The van der Waals surface area contributed by atoms with Gasteiger partial charge < -0.3 is 15.4 Å². The third-order valence-electron chi connectivity index (χ3n) is 4.75. The van der Waals surface area contributed by atoms with Gasteiger partial charge in [0.15, 0.2) is 5.69 Å². The number of nitrogens with two attached hydrogens (primary N) is 1. The number of hydrogen-bond acceptors (Lipinski definition) is 7. The van der Waals surface area contributed by atoms with E-state index in [2.05, 4.69) is 20.1 Å². The average Bonchev–Trinajstić information content (AvgIpc) is 3.20. The van der Waals surface area contributed by atoms with Crippen LogP contribution < -0.4 is 10.5 Å². The van der Waals surface area contributed by atoms with Crippen LogP contribution in [0.5, 0.6) is 5.88 Å². The molecule has 1 saturated heterocycles. The standard InChI is InChI=1S/C19H20FN7O2/c1-29-18-3-2-13(9-24-18)27-16(15-10-23-17(21)11-22-15)8-14(25-27)19(28)26-6-4-12(20)5-7-26/h2-3,8-12H,4-7H2,1H3,(H2,21,23). The van der Waals surface area contributed by atoms with Gasteiger partial charge in [-0.25, -0.2) is 24.0 Å². The molecule has 0 unspecified atom stereocenters. The third kappa shape index (κ3) is 3.86. The molecule has 1 aliphatic heterocycles. The number of anilines is 1. The van der Waals surface area contributed by atoms with Crippen molar-refractivity contribution in [3.63, 3.8) is 0 Å². The van der Waals surface area contributed by atoms with Crippen molar-refractivity contribution in [2.45, 2.75) is 19.0 Å². The number of methoxy groups -OCH3 is 1. The highest BCUT2D eigenvalue weighted by Crippen LogP contribution is 2.24. The molecule has 1 fully saturated rings. The minimum Gasteiger partial charge on any atom is -0.481 e. The molecule has 150 valence electrons. The third-order valence-corrected chi connectivity index (χ3v) is 4.75. The zero-order chi connectivity index (χ0) is 20.4. The Morgan fingerprint density at radius 3 is 2.59 bits per heavy atom. The van der Waals surface area contributed by atoms with Crippen LogP contribution in [0.15, 0.2) is 36.8 Å². The summed E-state index contributed by atoms with van der Waals surface area (Å²) in [5.41, 5.74) is 7.57. The van der Waals surface area contributed by atoms with E-state index >= 15 is 0 Å². The van der Waals surface area contributed by atoms with Gasteiger partial charge in [0.1, 0.15) is 17.7 Å². The number of carbonyl (C=O) groups excluding carboxylic acids is 1. The normalized spacial score (nSPS) is 14.8. The first-order valence-electron chi connectivity index (χ1n) is 9.17. The van der Waals surface area contributed by atoms with E-state index in [0.717, 1.165) is 0 Å².